The predicted octanol–water partition coefficient (Wildman–Crippen LogP) is 2.54. The average Bonchev–Trinajstić information content (AvgIpc) is 3.02. The van der Waals surface area contributed by atoms with Gasteiger partial charge in [0.15, 0.2) is 11.2 Å². The van der Waals surface area contributed by atoms with Crippen molar-refractivity contribution in [1.82, 2.24) is 10.1 Å². The smallest absolute Gasteiger partial charge is 0.196 e. The van der Waals surface area contributed by atoms with E-state index >= 15 is 0 Å². The van der Waals surface area contributed by atoms with E-state index in [0.29, 0.717) is 46.7 Å². The molecule has 2 atom stereocenters. The molecule has 6 nitrogen and oxygen atoms in total. The summed E-state index contributed by atoms with van der Waals surface area (Å²) in [6, 6.07) is 8.91. The van der Waals surface area contributed by atoms with Crippen LogP contribution in [0.3, 0.4) is 0 Å². The van der Waals surface area contributed by atoms with Crippen molar-refractivity contribution < 1.29 is 14.0 Å². The number of aliphatic hydroxyl groups is 1. The van der Waals surface area contributed by atoms with Gasteiger partial charge in [0.25, 0.3) is 0 Å². The van der Waals surface area contributed by atoms with E-state index in [2.05, 4.69) is 10.1 Å². The molecule has 1 aromatic carbocycles. The van der Waals surface area contributed by atoms with Crippen LogP contribution in [0.25, 0.3) is 22.4 Å². The number of hydrogen-bond acceptors (Lipinski definition) is 6. The predicted molar refractivity (Wildman–Crippen MR) is 93.6 cm³/mol. The lowest BCUT2D eigenvalue weighted by Crippen LogP contribution is -2.42. The first-order chi connectivity index (χ1) is 12.0. The Morgan fingerprint density at radius 2 is 2.12 bits per heavy atom. The molecule has 0 aliphatic carbocycles. The fraction of sp³-hybridized carbons (Fsp3) is 0.368. The molecular formula is C19H20N2O4. The Hall–Kier alpha value is -2.44. The van der Waals surface area contributed by atoms with Crippen molar-refractivity contribution in [2.24, 2.45) is 0 Å². The molecule has 1 aliphatic heterocycles. The number of aromatic nitrogens is 1. The molecule has 1 N–H and O–H groups in total. The summed E-state index contributed by atoms with van der Waals surface area (Å²) in [5.74, 6) is 0.749. The van der Waals surface area contributed by atoms with Gasteiger partial charge in [0.1, 0.15) is 17.0 Å². The summed E-state index contributed by atoms with van der Waals surface area (Å²) in [5, 5.41) is 15.2. The van der Waals surface area contributed by atoms with Crippen LogP contribution in [0.5, 0.6) is 0 Å². The number of fused-ring (bicyclic) bond motifs is 1. The molecule has 0 amide bonds. The van der Waals surface area contributed by atoms with E-state index in [0.717, 1.165) is 6.54 Å². The highest BCUT2D eigenvalue weighted by atomic mass is 16.5. The SMILES string of the molecule is Cc1cc(-c2oc3ccccc3c(=O)c2[C@H]2CCN(C)C[C@H]2O)no1. The Labute approximate surface area is 144 Å². The number of piperidine rings is 1. The number of rotatable bonds is 2. The second-order valence-electron chi connectivity index (χ2n) is 6.72. The summed E-state index contributed by atoms with van der Waals surface area (Å²) < 4.78 is 11.2. The van der Waals surface area contributed by atoms with Gasteiger partial charge in [-0.25, -0.2) is 0 Å². The zero-order valence-electron chi connectivity index (χ0n) is 14.2. The zero-order valence-corrected chi connectivity index (χ0v) is 14.2. The average molecular weight is 340 g/mol. The van der Waals surface area contributed by atoms with Crippen molar-refractivity contribution >= 4 is 11.0 Å². The lowest BCUT2D eigenvalue weighted by molar-refractivity contribution is 0.0632. The molecule has 2 aromatic heterocycles. The van der Waals surface area contributed by atoms with Crippen molar-refractivity contribution in [3.63, 3.8) is 0 Å². The van der Waals surface area contributed by atoms with E-state index in [-0.39, 0.29) is 11.3 Å². The topological polar surface area (TPSA) is 79.7 Å². The van der Waals surface area contributed by atoms with E-state index in [1.807, 2.05) is 19.2 Å². The molecule has 130 valence electrons. The Morgan fingerprint density at radius 1 is 1.32 bits per heavy atom. The van der Waals surface area contributed by atoms with Gasteiger partial charge in [-0.05, 0) is 39.1 Å². The molecule has 1 aliphatic rings. The minimum atomic E-state index is -0.630. The third-order valence-corrected chi connectivity index (χ3v) is 4.85. The van der Waals surface area contributed by atoms with Crippen LogP contribution in [0.4, 0.5) is 0 Å². The quantitative estimate of drug-likeness (QED) is 0.772. The maximum absolute atomic E-state index is 13.2. The van der Waals surface area contributed by atoms with Gasteiger partial charge in [0, 0.05) is 18.5 Å². The van der Waals surface area contributed by atoms with Crippen LogP contribution in [0.2, 0.25) is 0 Å². The standard InChI is InChI=1S/C19H20N2O4/c1-11-9-14(20-25-11)19-17(12-7-8-21(2)10-15(12)22)18(23)13-5-3-4-6-16(13)24-19/h3-6,9,12,15,22H,7-8,10H2,1-2H3/t12-,15+/m0/s1. The van der Waals surface area contributed by atoms with E-state index in [1.165, 1.54) is 0 Å². The van der Waals surface area contributed by atoms with Gasteiger partial charge in [-0.1, -0.05) is 17.3 Å². The van der Waals surface area contributed by atoms with Crippen LogP contribution >= 0.6 is 0 Å². The molecule has 0 unspecified atom stereocenters. The Kier molecular flexibility index (Phi) is 3.94. The van der Waals surface area contributed by atoms with Gasteiger partial charge in [0.2, 0.25) is 0 Å². The van der Waals surface area contributed by atoms with Crippen LogP contribution in [0.1, 0.15) is 23.7 Å². The summed E-state index contributed by atoms with van der Waals surface area (Å²) in [5.41, 5.74) is 1.38. The molecule has 4 rings (SSSR count). The first-order valence-electron chi connectivity index (χ1n) is 8.40. The lowest BCUT2D eigenvalue weighted by atomic mass is 9.85. The molecule has 0 radical (unpaired) electrons. The van der Waals surface area contributed by atoms with Gasteiger partial charge in [-0.15, -0.1) is 0 Å². The molecule has 6 heteroatoms. The van der Waals surface area contributed by atoms with Crippen molar-refractivity contribution in [2.45, 2.75) is 25.4 Å². The third-order valence-electron chi connectivity index (χ3n) is 4.85. The number of aryl methyl sites for hydroxylation is 1. The molecular weight excluding hydrogens is 320 g/mol. The maximum Gasteiger partial charge on any atom is 0.196 e. The number of β-amino-alcohol motifs (C(OH)–C–C–N with tert-alkyl or cyclic N) is 1. The van der Waals surface area contributed by atoms with E-state index in [9.17, 15) is 9.90 Å². The monoisotopic (exact) mass is 340 g/mol. The van der Waals surface area contributed by atoms with Crippen LogP contribution in [-0.2, 0) is 0 Å². The fourth-order valence-corrected chi connectivity index (χ4v) is 3.58. The number of benzene rings is 1. The van der Waals surface area contributed by atoms with Crippen LogP contribution in [-0.4, -0.2) is 41.4 Å². The number of nitrogens with zero attached hydrogens (tertiary/aromatic N) is 2. The second kappa shape index (κ2) is 6.13. The molecule has 1 fully saturated rings. The van der Waals surface area contributed by atoms with E-state index in [1.54, 1.807) is 25.1 Å². The summed E-state index contributed by atoms with van der Waals surface area (Å²) >= 11 is 0. The summed E-state index contributed by atoms with van der Waals surface area (Å²) in [7, 11) is 1.96. The zero-order chi connectivity index (χ0) is 17.6. The molecule has 3 aromatic rings. The molecule has 1 saturated heterocycles. The highest BCUT2D eigenvalue weighted by Crippen LogP contribution is 2.35. The Balaban J connectivity index is 1.97. The minimum Gasteiger partial charge on any atom is -0.454 e. The fourth-order valence-electron chi connectivity index (χ4n) is 3.58. The normalized spacial score (nSPS) is 21.7. The molecule has 0 saturated carbocycles. The molecule has 25 heavy (non-hydrogen) atoms. The number of para-hydroxylation sites is 1. The third kappa shape index (κ3) is 2.77. The molecule has 3 heterocycles. The maximum atomic E-state index is 13.2. The summed E-state index contributed by atoms with van der Waals surface area (Å²) in [6.07, 6.45) is 0.0551. The van der Waals surface area contributed by atoms with Crippen LogP contribution in [0, 0.1) is 6.92 Å². The molecule has 0 bridgehead atoms. The van der Waals surface area contributed by atoms with Gasteiger partial charge in [0.05, 0.1) is 17.1 Å². The van der Waals surface area contributed by atoms with Crippen molar-refractivity contribution in [1.29, 1.82) is 0 Å². The van der Waals surface area contributed by atoms with E-state index < -0.39 is 6.10 Å². The van der Waals surface area contributed by atoms with Gasteiger partial charge in [-0.3, -0.25) is 4.79 Å². The van der Waals surface area contributed by atoms with Crippen molar-refractivity contribution in [3.05, 3.63) is 51.9 Å². The Morgan fingerprint density at radius 3 is 2.84 bits per heavy atom. The van der Waals surface area contributed by atoms with Gasteiger partial charge < -0.3 is 18.9 Å². The Bertz CT molecular complexity index is 975. The highest BCUT2D eigenvalue weighted by Gasteiger charge is 2.33. The number of aliphatic hydroxyl groups excluding tert-OH is 1. The second-order valence-corrected chi connectivity index (χ2v) is 6.72. The van der Waals surface area contributed by atoms with Crippen molar-refractivity contribution in [2.75, 3.05) is 20.1 Å². The largest absolute Gasteiger partial charge is 0.454 e. The molecule has 0 spiro atoms. The van der Waals surface area contributed by atoms with E-state index in [4.69, 9.17) is 8.94 Å². The van der Waals surface area contributed by atoms with Gasteiger partial charge >= 0.3 is 0 Å². The number of hydrogen-bond donors (Lipinski definition) is 1. The highest BCUT2D eigenvalue weighted by molar-refractivity contribution is 5.80. The van der Waals surface area contributed by atoms with Crippen LogP contribution < -0.4 is 5.43 Å². The first kappa shape index (κ1) is 16.1. The van der Waals surface area contributed by atoms with Crippen molar-refractivity contribution in [3.8, 4) is 11.5 Å². The summed E-state index contributed by atoms with van der Waals surface area (Å²) in [6.45, 7) is 3.12. The summed E-state index contributed by atoms with van der Waals surface area (Å²) in [4.78, 5) is 15.3. The number of likely N-dealkylation sites (N-methyl/N-ethyl adjacent to an activating group) is 1. The van der Waals surface area contributed by atoms with Crippen LogP contribution in [0.15, 0.2) is 44.1 Å². The number of likely N-dealkylation sites (tertiary alicyclic amines) is 1. The minimum absolute atomic E-state index is 0.105. The van der Waals surface area contributed by atoms with Gasteiger partial charge in [-0.2, -0.15) is 0 Å². The first-order valence-corrected chi connectivity index (χ1v) is 8.40. The lowest BCUT2D eigenvalue weighted by Gasteiger charge is -2.33.